The fraction of sp³-hybridized carbons (Fsp3) is 0.240. The van der Waals surface area contributed by atoms with Gasteiger partial charge in [0.25, 0.3) is 0 Å². The second kappa shape index (κ2) is 9.46. The van der Waals surface area contributed by atoms with E-state index in [0.717, 1.165) is 27.9 Å². The molecule has 4 aromatic rings. The molecule has 0 spiro atoms. The van der Waals surface area contributed by atoms with E-state index >= 15 is 0 Å². The fourth-order valence-corrected chi connectivity index (χ4v) is 3.19. The zero-order valence-corrected chi connectivity index (χ0v) is 19.1. The van der Waals surface area contributed by atoms with E-state index in [-0.39, 0.29) is 17.5 Å². The first-order valence-corrected chi connectivity index (χ1v) is 10.8. The van der Waals surface area contributed by atoms with Gasteiger partial charge >= 0.3 is 5.69 Å². The second-order valence-corrected chi connectivity index (χ2v) is 9.04. The molecule has 34 heavy (non-hydrogen) atoms. The number of hydrogen-bond donors (Lipinski definition) is 1. The molecule has 1 N–H and O–H groups in total. The van der Waals surface area contributed by atoms with Gasteiger partial charge in [0.15, 0.2) is 0 Å². The zero-order valence-electron chi connectivity index (χ0n) is 19.1. The number of nitrogens with zero attached hydrogens (tertiary/aromatic N) is 4. The number of ether oxygens (including phenoxy) is 1. The van der Waals surface area contributed by atoms with E-state index < -0.39 is 17.3 Å². The summed E-state index contributed by atoms with van der Waals surface area (Å²) in [5.74, 6) is 0.473. The standard InChI is InChI=1S/C25H25F2N5O2/c1-25(2,3)15-29-23-13-19(11-12-28-23)34-18-9-7-17(8-10-18)32-24(33)31(16-30-32)14-20-21(26)5-4-6-22(20)27/h4-13,16H,14-15H2,1-3H3,(H,28,29). The van der Waals surface area contributed by atoms with Crippen LogP contribution in [0.25, 0.3) is 5.69 Å². The van der Waals surface area contributed by atoms with Crippen LogP contribution in [-0.4, -0.2) is 25.9 Å². The Balaban J connectivity index is 1.47. The first-order valence-electron chi connectivity index (χ1n) is 10.8. The minimum absolute atomic E-state index is 0.114. The van der Waals surface area contributed by atoms with Crippen molar-refractivity contribution in [3.63, 3.8) is 0 Å². The molecule has 0 bridgehead atoms. The summed E-state index contributed by atoms with van der Waals surface area (Å²) in [7, 11) is 0. The number of benzene rings is 2. The SMILES string of the molecule is CC(C)(C)CNc1cc(Oc2ccc(-n3ncn(Cc4c(F)cccc4F)c3=O)cc2)ccn1. The van der Waals surface area contributed by atoms with E-state index in [1.165, 1.54) is 12.4 Å². The van der Waals surface area contributed by atoms with Gasteiger partial charge < -0.3 is 10.1 Å². The summed E-state index contributed by atoms with van der Waals surface area (Å²) in [6, 6.07) is 13.9. The van der Waals surface area contributed by atoms with Crippen molar-refractivity contribution in [3.8, 4) is 17.2 Å². The minimum Gasteiger partial charge on any atom is -0.457 e. The molecule has 2 aromatic heterocycles. The number of rotatable bonds is 7. The summed E-state index contributed by atoms with van der Waals surface area (Å²) < 4.78 is 36.1. The average molecular weight is 466 g/mol. The number of pyridine rings is 1. The molecule has 0 aliphatic heterocycles. The monoisotopic (exact) mass is 465 g/mol. The molecule has 0 radical (unpaired) electrons. The van der Waals surface area contributed by atoms with Gasteiger partial charge in [0.05, 0.1) is 12.2 Å². The Hall–Kier alpha value is -4.01. The van der Waals surface area contributed by atoms with E-state index in [4.69, 9.17) is 4.74 Å². The highest BCUT2D eigenvalue weighted by Gasteiger charge is 2.14. The molecular formula is C25H25F2N5O2. The van der Waals surface area contributed by atoms with E-state index in [0.29, 0.717) is 23.0 Å². The van der Waals surface area contributed by atoms with Crippen molar-refractivity contribution in [2.45, 2.75) is 27.3 Å². The molecular weight excluding hydrogens is 440 g/mol. The van der Waals surface area contributed by atoms with Crippen molar-refractivity contribution < 1.29 is 13.5 Å². The Morgan fingerprint density at radius 2 is 1.71 bits per heavy atom. The Kier molecular flexibility index (Phi) is 6.45. The molecule has 0 amide bonds. The van der Waals surface area contributed by atoms with Gasteiger partial charge in [-0.1, -0.05) is 26.8 Å². The summed E-state index contributed by atoms with van der Waals surface area (Å²) in [5.41, 5.74) is -0.0999. The molecule has 0 unspecified atom stereocenters. The molecule has 2 heterocycles. The summed E-state index contributed by atoms with van der Waals surface area (Å²) >= 11 is 0. The lowest BCUT2D eigenvalue weighted by Gasteiger charge is -2.19. The highest BCUT2D eigenvalue weighted by atomic mass is 19.1. The first-order chi connectivity index (χ1) is 16.2. The fourth-order valence-electron chi connectivity index (χ4n) is 3.19. The van der Waals surface area contributed by atoms with Crippen LogP contribution >= 0.6 is 0 Å². The van der Waals surface area contributed by atoms with Crippen LogP contribution in [-0.2, 0) is 6.54 Å². The molecule has 176 valence electrons. The molecule has 0 atom stereocenters. The van der Waals surface area contributed by atoms with Crippen LogP contribution in [0.15, 0.2) is 71.9 Å². The Morgan fingerprint density at radius 1 is 1.00 bits per heavy atom. The summed E-state index contributed by atoms with van der Waals surface area (Å²) in [5, 5.41) is 7.36. The molecule has 2 aromatic carbocycles. The maximum absolute atomic E-state index is 13.9. The van der Waals surface area contributed by atoms with Crippen LogP contribution in [0.2, 0.25) is 0 Å². The Morgan fingerprint density at radius 3 is 2.38 bits per heavy atom. The van der Waals surface area contributed by atoms with Gasteiger partial charge in [0.1, 0.15) is 35.3 Å². The number of halogens is 2. The van der Waals surface area contributed by atoms with Gasteiger partial charge in [0, 0.05) is 24.4 Å². The minimum atomic E-state index is -0.714. The molecule has 4 rings (SSSR count). The van der Waals surface area contributed by atoms with Crippen LogP contribution in [0.3, 0.4) is 0 Å². The lowest BCUT2D eigenvalue weighted by molar-refractivity contribution is 0.442. The normalized spacial score (nSPS) is 11.4. The van der Waals surface area contributed by atoms with E-state index in [2.05, 4.69) is 36.2 Å². The molecule has 0 aliphatic carbocycles. The highest BCUT2D eigenvalue weighted by Crippen LogP contribution is 2.24. The smallest absolute Gasteiger partial charge is 0.350 e. The van der Waals surface area contributed by atoms with Gasteiger partial charge in [-0.25, -0.2) is 18.6 Å². The van der Waals surface area contributed by atoms with Crippen molar-refractivity contribution in [1.29, 1.82) is 0 Å². The summed E-state index contributed by atoms with van der Waals surface area (Å²) in [6.07, 6.45) is 2.92. The predicted molar refractivity (Wildman–Crippen MR) is 126 cm³/mol. The molecule has 0 saturated heterocycles. The average Bonchev–Trinajstić information content (AvgIpc) is 3.15. The summed E-state index contributed by atoms with van der Waals surface area (Å²) in [4.78, 5) is 17.0. The second-order valence-electron chi connectivity index (χ2n) is 9.04. The highest BCUT2D eigenvalue weighted by molar-refractivity contribution is 5.44. The number of hydrogen-bond acceptors (Lipinski definition) is 5. The third-order valence-corrected chi connectivity index (χ3v) is 4.97. The molecule has 9 heteroatoms. The first kappa shape index (κ1) is 23.2. The van der Waals surface area contributed by atoms with Gasteiger partial charge in [-0.3, -0.25) is 4.57 Å². The van der Waals surface area contributed by atoms with Crippen molar-refractivity contribution in [1.82, 2.24) is 19.3 Å². The quantitative estimate of drug-likeness (QED) is 0.416. The number of nitrogens with one attached hydrogen (secondary N) is 1. The zero-order chi connectivity index (χ0) is 24.3. The lowest BCUT2D eigenvalue weighted by atomic mass is 9.97. The molecule has 7 nitrogen and oxygen atoms in total. The van der Waals surface area contributed by atoms with Crippen LogP contribution in [0.5, 0.6) is 11.5 Å². The van der Waals surface area contributed by atoms with E-state index in [1.807, 2.05) is 6.07 Å². The van der Waals surface area contributed by atoms with Crippen molar-refractivity contribution in [3.05, 3.63) is 94.8 Å². The third-order valence-electron chi connectivity index (χ3n) is 4.97. The van der Waals surface area contributed by atoms with E-state index in [1.54, 1.807) is 36.5 Å². The van der Waals surface area contributed by atoms with Crippen LogP contribution in [0.4, 0.5) is 14.6 Å². The van der Waals surface area contributed by atoms with Crippen LogP contribution in [0, 0.1) is 17.0 Å². The number of anilines is 1. The van der Waals surface area contributed by atoms with Crippen molar-refractivity contribution in [2.75, 3.05) is 11.9 Å². The van der Waals surface area contributed by atoms with E-state index in [9.17, 15) is 13.6 Å². The van der Waals surface area contributed by atoms with Crippen LogP contribution in [0.1, 0.15) is 26.3 Å². The number of aromatic nitrogens is 4. The Bertz CT molecular complexity index is 1320. The molecule has 0 aliphatic rings. The predicted octanol–water partition coefficient (Wildman–Crippen LogP) is 5.01. The third kappa shape index (κ3) is 5.48. The van der Waals surface area contributed by atoms with Crippen molar-refractivity contribution >= 4 is 5.82 Å². The largest absolute Gasteiger partial charge is 0.457 e. The lowest BCUT2D eigenvalue weighted by Crippen LogP contribution is -2.24. The Labute approximate surface area is 195 Å². The van der Waals surface area contributed by atoms with Gasteiger partial charge in [-0.2, -0.15) is 9.78 Å². The van der Waals surface area contributed by atoms with Crippen molar-refractivity contribution in [2.24, 2.45) is 5.41 Å². The van der Waals surface area contributed by atoms with Gasteiger partial charge in [-0.15, -0.1) is 0 Å². The molecule has 0 saturated carbocycles. The molecule has 0 fully saturated rings. The summed E-state index contributed by atoms with van der Waals surface area (Å²) in [6.45, 7) is 6.91. The van der Waals surface area contributed by atoms with Gasteiger partial charge in [-0.05, 0) is 47.9 Å². The maximum Gasteiger partial charge on any atom is 0.350 e. The van der Waals surface area contributed by atoms with Gasteiger partial charge in [0.2, 0.25) is 0 Å². The topological polar surface area (TPSA) is 74.0 Å². The van der Waals surface area contributed by atoms with Crippen LogP contribution < -0.4 is 15.7 Å². The maximum atomic E-state index is 13.9.